The number of rotatable bonds is 2. The largest absolute Gasteiger partial charge is 0.354 e. The van der Waals surface area contributed by atoms with E-state index >= 15 is 0 Å². The van der Waals surface area contributed by atoms with Crippen molar-refractivity contribution >= 4 is 23.5 Å². The highest BCUT2D eigenvalue weighted by Gasteiger charge is 2.23. The molecule has 0 fully saturated rings. The molecule has 2 rings (SSSR count). The molecule has 0 aliphatic carbocycles. The topological polar surface area (TPSA) is 9.23 Å². The van der Waals surface area contributed by atoms with E-state index in [0.717, 1.165) is 0 Å². The molecule has 0 saturated heterocycles. The van der Waals surface area contributed by atoms with Gasteiger partial charge in [-0.3, -0.25) is 0 Å². The van der Waals surface area contributed by atoms with Gasteiger partial charge in [0.2, 0.25) is 0 Å². The van der Waals surface area contributed by atoms with E-state index in [9.17, 15) is 0 Å². The van der Waals surface area contributed by atoms with Crippen LogP contribution in [0.2, 0.25) is 0 Å². The standard InChI is InChI=1S/C10H12OS2/c1-7(2)11-10-12-8-5-3-4-6-9(8)13-10/h3-7,10H,1-2H3. The average Bonchev–Trinajstić information content (AvgIpc) is 2.44. The minimum Gasteiger partial charge on any atom is -0.354 e. The summed E-state index contributed by atoms with van der Waals surface area (Å²) in [7, 11) is 0. The Morgan fingerprint density at radius 2 is 1.69 bits per heavy atom. The highest BCUT2D eigenvalue weighted by atomic mass is 32.2. The molecule has 0 bridgehead atoms. The first-order chi connectivity index (χ1) is 6.25. The minimum absolute atomic E-state index is 0.248. The second-order valence-corrected chi connectivity index (χ2v) is 5.66. The molecular formula is C10H12OS2. The Labute approximate surface area is 87.2 Å². The van der Waals surface area contributed by atoms with E-state index < -0.39 is 0 Å². The molecule has 70 valence electrons. The van der Waals surface area contributed by atoms with Crippen LogP contribution in [0.4, 0.5) is 0 Å². The molecule has 0 atom stereocenters. The first-order valence-electron chi connectivity index (χ1n) is 4.33. The Hall–Kier alpha value is -0.120. The lowest BCUT2D eigenvalue weighted by Gasteiger charge is -2.12. The molecule has 1 aromatic carbocycles. The summed E-state index contributed by atoms with van der Waals surface area (Å²) in [5.74, 6) is 0. The average molecular weight is 212 g/mol. The van der Waals surface area contributed by atoms with Gasteiger partial charge in [0.1, 0.15) is 0 Å². The number of thioether (sulfide) groups is 2. The van der Waals surface area contributed by atoms with E-state index in [0.29, 0.717) is 6.10 Å². The van der Waals surface area contributed by atoms with Gasteiger partial charge >= 0.3 is 0 Å². The maximum atomic E-state index is 5.72. The first kappa shape index (κ1) is 9.44. The van der Waals surface area contributed by atoms with Crippen molar-refractivity contribution in [2.24, 2.45) is 0 Å². The van der Waals surface area contributed by atoms with Crippen LogP contribution < -0.4 is 0 Å². The zero-order chi connectivity index (χ0) is 9.26. The molecular weight excluding hydrogens is 200 g/mol. The summed E-state index contributed by atoms with van der Waals surface area (Å²) in [4.78, 5) is 2.69. The SMILES string of the molecule is CC(C)OC1Sc2ccccc2S1. The van der Waals surface area contributed by atoms with Gasteiger partial charge in [0, 0.05) is 9.79 Å². The molecule has 0 unspecified atom stereocenters. The Morgan fingerprint density at radius 3 is 2.15 bits per heavy atom. The van der Waals surface area contributed by atoms with Crippen LogP contribution >= 0.6 is 23.5 Å². The fourth-order valence-corrected chi connectivity index (χ4v) is 3.91. The van der Waals surface area contributed by atoms with Crippen LogP contribution in [0.5, 0.6) is 0 Å². The predicted octanol–water partition coefficient (Wildman–Crippen LogP) is 3.59. The number of hydrogen-bond acceptors (Lipinski definition) is 3. The van der Waals surface area contributed by atoms with Gasteiger partial charge in [-0.1, -0.05) is 35.7 Å². The van der Waals surface area contributed by atoms with Crippen molar-refractivity contribution in [2.45, 2.75) is 34.5 Å². The lowest BCUT2D eigenvalue weighted by atomic mass is 10.4. The van der Waals surface area contributed by atoms with Crippen molar-refractivity contribution in [1.29, 1.82) is 0 Å². The number of ether oxygens (including phenoxy) is 1. The molecule has 1 nitrogen and oxygen atoms in total. The van der Waals surface area contributed by atoms with Gasteiger partial charge in [0.15, 0.2) is 4.77 Å². The lowest BCUT2D eigenvalue weighted by Crippen LogP contribution is -2.07. The van der Waals surface area contributed by atoms with Crippen molar-refractivity contribution in [1.82, 2.24) is 0 Å². The summed E-state index contributed by atoms with van der Waals surface area (Å²) >= 11 is 3.61. The minimum atomic E-state index is 0.248. The zero-order valence-electron chi connectivity index (χ0n) is 7.69. The molecule has 0 spiro atoms. The van der Waals surface area contributed by atoms with Gasteiger partial charge in [0.05, 0.1) is 6.10 Å². The van der Waals surface area contributed by atoms with Crippen LogP contribution in [0.1, 0.15) is 13.8 Å². The van der Waals surface area contributed by atoms with Crippen molar-refractivity contribution < 1.29 is 4.74 Å². The van der Waals surface area contributed by atoms with E-state index in [-0.39, 0.29) is 4.77 Å². The summed E-state index contributed by atoms with van der Waals surface area (Å²) in [6, 6.07) is 8.45. The summed E-state index contributed by atoms with van der Waals surface area (Å²) in [5, 5.41) is 0. The van der Waals surface area contributed by atoms with E-state index in [1.165, 1.54) is 9.79 Å². The van der Waals surface area contributed by atoms with E-state index in [2.05, 4.69) is 38.1 Å². The summed E-state index contributed by atoms with van der Waals surface area (Å²) < 4.78 is 5.97. The monoisotopic (exact) mass is 212 g/mol. The second kappa shape index (κ2) is 3.95. The van der Waals surface area contributed by atoms with Crippen molar-refractivity contribution in [3.8, 4) is 0 Å². The highest BCUT2D eigenvalue weighted by Crippen LogP contribution is 2.48. The van der Waals surface area contributed by atoms with Gasteiger partial charge in [-0.2, -0.15) is 0 Å². The number of fused-ring (bicyclic) bond motifs is 1. The van der Waals surface area contributed by atoms with E-state index in [1.807, 2.05) is 0 Å². The quantitative estimate of drug-likeness (QED) is 0.741. The van der Waals surface area contributed by atoms with Crippen LogP contribution in [0.25, 0.3) is 0 Å². The molecule has 13 heavy (non-hydrogen) atoms. The predicted molar refractivity (Wildman–Crippen MR) is 58.2 cm³/mol. The van der Waals surface area contributed by atoms with Crippen LogP contribution in [-0.2, 0) is 4.74 Å². The first-order valence-corrected chi connectivity index (χ1v) is 6.09. The number of benzene rings is 1. The zero-order valence-corrected chi connectivity index (χ0v) is 9.32. The Balaban J connectivity index is 2.05. The van der Waals surface area contributed by atoms with Crippen molar-refractivity contribution in [3.63, 3.8) is 0 Å². The second-order valence-electron chi connectivity index (χ2n) is 3.16. The van der Waals surface area contributed by atoms with E-state index in [4.69, 9.17) is 4.74 Å². The van der Waals surface area contributed by atoms with Crippen molar-refractivity contribution in [3.05, 3.63) is 24.3 Å². The summed E-state index contributed by atoms with van der Waals surface area (Å²) in [6.45, 7) is 4.15. The van der Waals surface area contributed by atoms with E-state index in [1.54, 1.807) is 23.5 Å². The molecule has 1 heterocycles. The number of hydrogen-bond donors (Lipinski definition) is 0. The molecule has 1 aliphatic rings. The van der Waals surface area contributed by atoms with Gasteiger partial charge in [-0.25, -0.2) is 0 Å². The van der Waals surface area contributed by atoms with Crippen LogP contribution in [-0.4, -0.2) is 10.9 Å². The van der Waals surface area contributed by atoms with Gasteiger partial charge < -0.3 is 4.74 Å². The third-order valence-corrected chi connectivity index (χ3v) is 4.21. The van der Waals surface area contributed by atoms with Crippen LogP contribution in [0.15, 0.2) is 34.1 Å². The fourth-order valence-electron chi connectivity index (χ4n) is 1.15. The van der Waals surface area contributed by atoms with Crippen LogP contribution in [0.3, 0.4) is 0 Å². The molecule has 1 aromatic rings. The van der Waals surface area contributed by atoms with Crippen LogP contribution in [0, 0.1) is 0 Å². The third-order valence-electron chi connectivity index (χ3n) is 1.68. The lowest BCUT2D eigenvalue weighted by molar-refractivity contribution is 0.103. The fraction of sp³-hybridized carbons (Fsp3) is 0.400. The maximum Gasteiger partial charge on any atom is 0.158 e. The molecule has 3 heteroatoms. The highest BCUT2D eigenvalue weighted by molar-refractivity contribution is 8.19. The Kier molecular flexibility index (Phi) is 2.86. The molecule has 0 saturated carbocycles. The molecule has 0 amide bonds. The molecule has 0 N–H and O–H groups in total. The Morgan fingerprint density at radius 1 is 1.15 bits per heavy atom. The summed E-state index contributed by atoms with van der Waals surface area (Å²) in [5.41, 5.74) is 0. The molecule has 0 aromatic heterocycles. The third kappa shape index (κ3) is 2.22. The smallest absolute Gasteiger partial charge is 0.158 e. The van der Waals surface area contributed by atoms with Gasteiger partial charge in [-0.05, 0) is 26.0 Å². The van der Waals surface area contributed by atoms with Crippen molar-refractivity contribution in [2.75, 3.05) is 0 Å². The Bertz CT molecular complexity index is 274. The molecule has 1 aliphatic heterocycles. The van der Waals surface area contributed by atoms with Gasteiger partial charge in [-0.15, -0.1) is 0 Å². The maximum absolute atomic E-state index is 5.72. The molecule has 0 radical (unpaired) electrons. The normalized spacial score (nSPS) is 16.5. The summed E-state index contributed by atoms with van der Waals surface area (Å²) in [6.07, 6.45) is 0.305. The van der Waals surface area contributed by atoms with Gasteiger partial charge in [0.25, 0.3) is 0 Å².